The van der Waals surface area contributed by atoms with Crippen LogP contribution in [0.25, 0.3) is 0 Å². The van der Waals surface area contributed by atoms with Gasteiger partial charge in [0, 0.05) is 0 Å². The largest absolute Gasteiger partial charge is 0.347 e. The average molecular weight is 391 g/mol. The van der Waals surface area contributed by atoms with E-state index in [1.165, 1.54) is 0 Å². The molecule has 1 aliphatic heterocycles. The van der Waals surface area contributed by atoms with E-state index in [-0.39, 0.29) is 18.5 Å². The lowest BCUT2D eigenvalue weighted by molar-refractivity contribution is -0.135. The molecule has 29 heavy (non-hydrogen) atoms. The van der Waals surface area contributed by atoms with Crippen molar-refractivity contribution < 1.29 is 14.4 Å². The fourth-order valence-corrected chi connectivity index (χ4v) is 3.85. The molecule has 4 amide bonds. The van der Waals surface area contributed by atoms with E-state index in [9.17, 15) is 14.4 Å². The molecule has 150 valence electrons. The van der Waals surface area contributed by atoms with Crippen molar-refractivity contribution in [1.29, 1.82) is 0 Å². The predicted octanol–water partition coefficient (Wildman–Crippen LogP) is 3.03. The van der Waals surface area contributed by atoms with E-state index in [1.54, 1.807) is 19.1 Å². The first-order valence-corrected chi connectivity index (χ1v) is 9.94. The minimum absolute atomic E-state index is 0.0932. The molecule has 0 radical (unpaired) electrons. The second-order valence-corrected chi connectivity index (χ2v) is 8.11. The van der Waals surface area contributed by atoms with Crippen LogP contribution in [0.2, 0.25) is 0 Å². The summed E-state index contributed by atoms with van der Waals surface area (Å²) in [5, 5.41) is 5.77. The highest BCUT2D eigenvalue weighted by molar-refractivity contribution is 6.09. The molecule has 6 heteroatoms. The van der Waals surface area contributed by atoms with Gasteiger partial charge >= 0.3 is 6.03 Å². The summed E-state index contributed by atoms with van der Waals surface area (Å²) >= 11 is 0. The zero-order valence-corrected chi connectivity index (χ0v) is 16.6. The number of hydrogen-bond donors (Lipinski definition) is 2. The van der Waals surface area contributed by atoms with Crippen LogP contribution in [0.5, 0.6) is 0 Å². The van der Waals surface area contributed by atoms with Gasteiger partial charge in [0.1, 0.15) is 12.1 Å². The quantitative estimate of drug-likeness (QED) is 0.743. The number of rotatable bonds is 6. The number of benzene rings is 2. The molecule has 1 saturated carbocycles. The van der Waals surface area contributed by atoms with Crippen LogP contribution in [0.1, 0.15) is 42.5 Å². The third-order valence-electron chi connectivity index (χ3n) is 5.77. The third kappa shape index (κ3) is 3.75. The number of carbonyl (C=O) groups is 3. The fraction of sp³-hybridized carbons (Fsp3) is 0.348. The van der Waals surface area contributed by atoms with Gasteiger partial charge in [0.05, 0.1) is 6.04 Å². The van der Waals surface area contributed by atoms with Crippen molar-refractivity contribution in [3.05, 3.63) is 71.3 Å². The van der Waals surface area contributed by atoms with Crippen LogP contribution in [0.4, 0.5) is 4.79 Å². The highest BCUT2D eigenvalue weighted by Gasteiger charge is 2.49. The number of urea groups is 1. The standard InChI is InChI=1S/C23H25N3O3/c1-15-8-10-16(11-9-15)20(17-12-13-17)24-19(27)14-26-21(28)23(2,25-22(26)29)18-6-4-3-5-7-18/h3-11,17,20H,12-14H2,1-2H3,(H,24,27)(H,25,29). The van der Waals surface area contributed by atoms with Gasteiger partial charge in [0.25, 0.3) is 5.91 Å². The third-order valence-corrected chi connectivity index (χ3v) is 5.77. The summed E-state index contributed by atoms with van der Waals surface area (Å²) in [4.78, 5) is 39.2. The molecule has 1 aliphatic carbocycles. The van der Waals surface area contributed by atoms with Gasteiger partial charge in [-0.15, -0.1) is 0 Å². The molecule has 0 bridgehead atoms. The lowest BCUT2D eigenvalue weighted by Gasteiger charge is -2.23. The van der Waals surface area contributed by atoms with Gasteiger partial charge in [-0.3, -0.25) is 14.5 Å². The second kappa shape index (κ2) is 7.35. The Morgan fingerprint density at radius 3 is 2.41 bits per heavy atom. The molecule has 6 nitrogen and oxygen atoms in total. The SMILES string of the molecule is Cc1ccc(C(NC(=O)CN2C(=O)NC(C)(c3ccccc3)C2=O)C2CC2)cc1. The lowest BCUT2D eigenvalue weighted by Crippen LogP contribution is -2.44. The minimum Gasteiger partial charge on any atom is -0.347 e. The summed E-state index contributed by atoms with van der Waals surface area (Å²) in [6.07, 6.45) is 2.13. The molecule has 2 fully saturated rings. The Hall–Kier alpha value is -3.15. The Labute approximate surface area is 170 Å². The van der Waals surface area contributed by atoms with E-state index in [2.05, 4.69) is 10.6 Å². The number of imide groups is 1. The Balaban J connectivity index is 1.47. The summed E-state index contributed by atoms with van der Waals surface area (Å²) in [5.74, 6) is -0.343. The van der Waals surface area contributed by atoms with Crippen molar-refractivity contribution in [3.8, 4) is 0 Å². The van der Waals surface area contributed by atoms with Crippen molar-refractivity contribution in [2.75, 3.05) is 6.54 Å². The first-order valence-electron chi connectivity index (χ1n) is 9.94. The fourth-order valence-electron chi connectivity index (χ4n) is 3.85. The molecule has 1 heterocycles. The minimum atomic E-state index is -1.16. The first-order chi connectivity index (χ1) is 13.9. The number of carbonyl (C=O) groups excluding carboxylic acids is 3. The molecule has 2 aromatic carbocycles. The van der Waals surface area contributed by atoms with Gasteiger partial charge in [0.15, 0.2) is 0 Å². The number of aryl methyl sites for hydroxylation is 1. The molecule has 0 aromatic heterocycles. The maximum Gasteiger partial charge on any atom is 0.325 e. The summed E-state index contributed by atoms with van der Waals surface area (Å²) in [7, 11) is 0. The predicted molar refractivity (Wildman–Crippen MR) is 109 cm³/mol. The summed E-state index contributed by atoms with van der Waals surface area (Å²) in [6.45, 7) is 3.40. The summed E-state index contributed by atoms with van der Waals surface area (Å²) < 4.78 is 0. The van der Waals surface area contributed by atoms with E-state index in [0.717, 1.165) is 28.9 Å². The maximum absolute atomic E-state index is 13.0. The van der Waals surface area contributed by atoms with Crippen LogP contribution in [0.3, 0.4) is 0 Å². The number of nitrogens with zero attached hydrogens (tertiary/aromatic N) is 1. The molecule has 2 N–H and O–H groups in total. The van der Waals surface area contributed by atoms with E-state index < -0.39 is 17.5 Å². The summed E-state index contributed by atoms with van der Waals surface area (Å²) in [5.41, 5.74) is 1.74. The van der Waals surface area contributed by atoms with E-state index in [4.69, 9.17) is 0 Å². The average Bonchev–Trinajstić information content (AvgIpc) is 3.53. The maximum atomic E-state index is 13.0. The van der Waals surface area contributed by atoms with Crippen LogP contribution >= 0.6 is 0 Å². The van der Waals surface area contributed by atoms with Gasteiger partial charge in [-0.1, -0.05) is 60.2 Å². The van der Waals surface area contributed by atoms with Crippen molar-refractivity contribution in [2.24, 2.45) is 5.92 Å². The smallest absolute Gasteiger partial charge is 0.325 e. The topological polar surface area (TPSA) is 78.5 Å². The van der Waals surface area contributed by atoms with Gasteiger partial charge in [-0.25, -0.2) is 4.79 Å². The van der Waals surface area contributed by atoms with Crippen LogP contribution in [0.15, 0.2) is 54.6 Å². The van der Waals surface area contributed by atoms with E-state index in [0.29, 0.717) is 11.5 Å². The molecule has 2 aliphatic rings. The molecule has 2 unspecified atom stereocenters. The highest BCUT2D eigenvalue weighted by atomic mass is 16.2. The first kappa shape index (κ1) is 19.2. The van der Waals surface area contributed by atoms with E-state index in [1.807, 2.05) is 49.4 Å². The Morgan fingerprint density at radius 2 is 1.79 bits per heavy atom. The van der Waals surface area contributed by atoms with Gasteiger partial charge < -0.3 is 10.6 Å². The van der Waals surface area contributed by atoms with Crippen LogP contribution < -0.4 is 10.6 Å². The zero-order chi connectivity index (χ0) is 20.6. The molecular weight excluding hydrogens is 366 g/mol. The second-order valence-electron chi connectivity index (χ2n) is 8.11. The van der Waals surface area contributed by atoms with Crippen molar-refractivity contribution in [2.45, 2.75) is 38.3 Å². The van der Waals surface area contributed by atoms with Gasteiger partial charge in [-0.05, 0) is 43.7 Å². The van der Waals surface area contributed by atoms with Gasteiger partial charge in [-0.2, -0.15) is 0 Å². The molecule has 2 aromatic rings. The Morgan fingerprint density at radius 1 is 1.14 bits per heavy atom. The Bertz CT molecular complexity index is 938. The molecule has 1 saturated heterocycles. The normalized spacial score (nSPS) is 22.3. The number of nitrogens with one attached hydrogen (secondary N) is 2. The molecule has 2 atom stereocenters. The van der Waals surface area contributed by atoms with Crippen molar-refractivity contribution in [1.82, 2.24) is 15.5 Å². The molecule has 0 spiro atoms. The van der Waals surface area contributed by atoms with Gasteiger partial charge in [0.2, 0.25) is 5.91 Å². The monoisotopic (exact) mass is 391 g/mol. The van der Waals surface area contributed by atoms with Crippen LogP contribution in [-0.4, -0.2) is 29.3 Å². The number of amides is 4. The summed E-state index contributed by atoms with van der Waals surface area (Å²) in [6, 6.07) is 16.5. The lowest BCUT2D eigenvalue weighted by atomic mass is 9.92. The number of hydrogen-bond acceptors (Lipinski definition) is 3. The highest BCUT2D eigenvalue weighted by Crippen LogP contribution is 2.41. The van der Waals surface area contributed by atoms with Crippen molar-refractivity contribution in [3.63, 3.8) is 0 Å². The van der Waals surface area contributed by atoms with E-state index >= 15 is 0 Å². The molecule has 4 rings (SSSR count). The molecular formula is C23H25N3O3. The van der Waals surface area contributed by atoms with Crippen LogP contribution in [0, 0.1) is 12.8 Å². The van der Waals surface area contributed by atoms with Crippen LogP contribution in [-0.2, 0) is 15.1 Å². The Kier molecular flexibility index (Phi) is 4.86. The van der Waals surface area contributed by atoms with Crippen molar-refractivity contribution >= 4 is 17.8 Å². The zero-order valence-electron chi connectivity index (χ0n) is 16.6.